The van der Waals surface area contributed by atoms with Crippen LogP contribution in [0, 0.1) is 11.6 Å². The van der Waals surface area contributed by atoms with Gasteiger partial charge in [-0.25, -0.2) is 13.5 Å². The Morgan fingerprint density at radius 1 is 0.950 bits per heavy atom. The SMILES string of the molecule is Fc1cncc(-n2cccn2)c1.Fc1cncc(Br)c1. The lowest BCUT2D eigenvalue weighted by Crippen LogP contribution is -1.95. The fourth-order valence-electron chi connectivity index (χ4n) is 1.33. The fourth-order valence-corrected chi connectivity index (χ4v) is 1.67. The summed E-state index contributed by atoms with van der Waals surface area (Å²) < 4.78 is 26.9. The average Bonchev–Trinajstić information content (AvgIpc) is 2.93. The third-order valence-electron chi connectivity index (χ3n) is 2.13. The van der Waals surface area contributed by atoms with E-state index >= 15 is 0 Å². The number of rotatable bonds is 1. The van der Waals surface area contributed by atoms with Crippen molar-refractivity contribution >= 4 is 15.9 Å². The molecule has 3 heterocycles. The second-order valence-corrected chi connectivity index (χ2v) is 4.55. The number of hydrogen-bond acceptors (Lipinski definition) is 3. The summed E-state index contributed by atoms with van der Waals surface area (Å²) in [5, 5.41) is 3.94. The highest BCUT2D eigenvalue weighted by Crippen LogP contribution is 2.07. The van der Waals surface area contributed by atoms with Gasteiger partial charge >= 0.3 is 0 Å². The lowest BCUT2D eigenvalue weighted by Gasteiger charge is -1.98. The maximum atomic E-state index is 12.7. The first-order chi connectivity index (χ1) is 9.65. The largest absolute Gasteiger partial charge is 0.260 e. The zero-order valence-electron chi connectivity index (χ0n) is 10.1. The topological polar surface area (TPSA) is 43.6 Å². The molecule has 0 aliphatic rings. The van der Waals surface area contributed by atoms with Gasteiger partial charge in [-0.1, -0.05) is 0 Å². The second-order valence-electron chi connectivity index (χ2n) is 3.63. The van der Waals surface area contributed by atoms with Gasteiger partial charge in [0, 0.05) is 29.1 Å². The molecule has 7 heteroatoms. The molecule has 0 aliphatic carbocycles. The van der Waals surface area contributed by atoms with Crippen LogP contribution in [0.3, 0.4) is 0 Å². The number of aromatic nitrogens is 4. The van der Waals surface area contributed by atoms with E-state index in [2.05, 4.69) is 31.0 Å². The molecule has 3 aromatic heterocycles. The van der Waals surface area contributed by atoms with E-state index in [1.165, 1.54) is 18.3 Å². The predicted octanol–water partition coefficient (Wildman–Crippen LogP) is 3.39. The first-order valence-electron chi connectivity index (χ1n) is 5.52. The highest BCUT2D eigenvalue weighted by molar-refractivity contribution is 9.10. The van der Waals surface area contributed by atoms with E-state index < -0.39 is 0 Å². The van der Waals surface area contributed by atoms with Crippen molar-refractivity contribution in [1.29, 1.82) is 0 Å². The summed E-state index contributed by atoms with van der Waals surface area (Å²) in [6.45, 7) is 0. The molecular formula is C13H9BrF2N4. The third-order valence-corrected chi connectivity index (χ3v) is 2.56. The number of nitrogens with zero attached hydrogens (tertiary/aromatic N) is 4. The molecule has 0 saturated carbocycles. The molecule has 0 atom stereocenters. The first kappa shape index (κ1) is 14.3. The van der Waals surface area contributed by atoms with Crippen LogP contribution in [0.25, 0.3) is 5.69 Å². The zero-order valence-corrected chi connectivity index (χ0v) is 11.7. The summed E-state index contributed by atoms with van der Waals surface area (Å²) >= 11 is 3.06. The van der Waals surface area contributed by atoms with Gasteiger partial charge in [-0.3, -0.25) is 9.97 Å². The summed E-state index contributed by atoms with van der Waals surface area (Å²) in [7, 11) is 0. The Kier molecular flexibility index (Phi) is 4.89. The lowest BCUT2D eigenvalue weighted by molar-refractivity contribution is 0.618. The molecule has 3 rings (SSSR count). The number of halogens is 3. The Morgan fingerprint density at radius 3 is 2.15 bits per heavy atom. The summed E-state index contributed by atoms with van der Waals surface area (Å²) in [4.78, 5) is 7.27. The standard InChI is InChI=1S/C8H6FN3.C5H3BrFN/c9-7-4-8(6-10-5-7)12-3-1-2-11-12;6-4-1-5(7)3-8-2-4/h1-6H;1-3H. The Balaban J connectivity index is 0.000000160. The van der Waals surface area contributed by atoms with Crippen LogP contribution in [0.4, 0.5) is 8.78 Å². The van der Waals surface area contributed by atoms with E-state index in [4.69, 9.17) is 0 Å². The van der Waals surface area contributed by atoms with E-state index in [1.54, 1.807) is 29.3 Å². The van der Waals surface area contributed by atoms with E-state index in [0.29, 0.717) is 10.2 Å². The van der Waals surface area contributed by atoms with Crippen LogP contribution in [-0.4, -0.2) is 19.7 Å². The van der Waals surface area contributed by atoms with Crippen molar-refractivity contribution in [2.75, 3.05) is 0 Å². The van der Waals surface area contributed by atoms with Gasteiger partial charge in [-0.15, -0.1) is 0 Å². The molecule has 0 unspecified atom stereocenters. The molecule has 0 saturated heterocycles. The monoisotopic (exact) mass is 338 g/mol. The Hall–Kier alpha value is -2.15. The van der Waals surface area contributed by atoms with Gasteiger partial charge in [0.1, 0.15) is 11.6 Å². The molecule has 0 fully saturated rings. The first-order valence-corrected chi connectivity index (χ1v) is 6.31. The van der Waals surface area contributed by atoms with Gasteiger partial charge in [-0.05, 0) is 28.1 Å². The third kappa shape index (κ3) is 4.20. The maximum absolute atomic E-state index is 12.7. The lowest BCUT2D eigenvalue weighted by atomic mass is 10.4. The second kappa shape index (κ2) is 6.85. The summed E-state index contributed by atoms with van der Waals surface area (Å²) in [5.74, 6) is -0.678. The normalized spacial score (nSPS) is 9.75. The molecule has 102 valence electrons. The van der Waals surface area contributed by atoms with Crippen molar-refractivity contribution in [2.45, 2.75) is 0 Å². The van der Waals surface area contributed by atoms with Crippen LogP contribution in [0.1, 0.15) is 0 Å². The number of hydrogen-bond donors (Lipinski definition) is 0. The van der Waals surface area contributed by atoms with Crippen molar-refractivity contribution in [2.24, 2.45) is 0 Å². The Bertz CT molecular complexity index is 656. The molecular weight excluding hydrogens is 330 g/mol. The van der Waals surface area contributed by atoms with Crippen LogP contribution in [-0.2, 0) is 0 Å². The minimum Gasteiger partial charge on any atom is -0.260 e. The average molecular weight is 339 g/mol. The summed E-state index contributed by atoms with van der Waals surface area (Å²) in [6.07, 6.45) is 8.76. The predicted molar refractivity (Wildman–Crippen MR) is 73.2 cm³/mol. The van der Waals surface area contributed by atoms with Crippen LogP contribution in [0.5, 0.6) is 0 Å². The van der Waals surface area contributed by atoms with Crippen LogP contribution >= 0.6 is 15.9 Å². The highest BCUT2D eigenvalue weighted by atomic mass is 79.9. The van der Waals surface area contributed by atoms with Gasteiger partial charge in [0.2, 0.25) is 0 Å². The van der Waals surface area contributed by atoms with Crippen molar-refractivity contribution in [3.8, 4) is 5.69 Å². The molecule has 0 N–H and O–H groups in total. The summed E-state index contributed by atoms with van der Waals surface area (Å²) in [6, 6.07) is 4.50. The number of pyridine rings is 2. The van der Waals surface area contributed by atoms with E-state index in [0.717, 1.165) is 12.4 Å². The molecule has 3 aromatic rings. The van der Waals surface area contributed by atoms with Crippen molar-refractivity contribution in [3.05, 3.63) is 71.5 Å². The quantitative estimate of drug-likeness (QED) is 0.683. The van der Waals surface area contributed by atoms with Crippen LogP contribution in [0.15, 0.2) is 59.9 Å². The Labute approximate surface area is 122 Å². The molecule has 0 aliphatic heterocycles. The van der Waals surface area contributed by atoms with E-state index in [9.17, 15) is 8.78 Å². The van der Waals surface area contributed by atoms with Crippen molar-refractivity contribution in [1.82, 2.24) is 19.7 Å². The molecule has 0 spiro atoms. The van der Waals surface area contributed by atoms with Crippen LogP contribution < -0.4 is 0 Å². The zero-order chi connectivity index (χ0) is 14.4. The minimum atomic E-state index is -0.358. The molecule has 0 aromatic carbocycles. The van der Waals surface area contributed by atoms with Gasteiger partial charge in [0.05, 0.1) is 24.3 Å². The smallest absolute Gasteiger partial charge is 0.143 e. The van der Waals surface area contributed by atoms with Crippen molar-refractivity contribution < 1.29 is 8.78 Å². The van der Waals surface area contributed by atoms with Crippen LogP contribution in [0.2, 0.25) is 0 Å². The minimum absolute atomic E-state index is 0.320. The van der Waals surface area contributed by atoms with Gasteiger partial charge in [-0.2, -0.15) is 5.10 Å². The summed E-state index contributed by atoms with van der Waals surface area (Å²) in [5.41, 5.74) is 0.625. The van der Waals surface area contributed by atoms with E-state index in [-0.39, 0.29) is 11.6 Å². The molecule has 0 radical (unpaired) electrons. The Morgan fingerprint density at radius 2 is 1.65 bits per heavy atom. The highest BCUT2D eigenvalue weighted by Gasteiger charge is 1.97. The van der Waals surface area contributed by atoms with Gasteiger partial charge in [0.15, 0.2) is 0 Å². The maximum Gasteiger partial charge on any atom is 0.143 e. The molecule has 4 nitrogen and oxygen atoms in total. The molecule has 0 bridgehead atoms. The molecule has 20 heavy (non-hydrogen) atoms. The van der Waals surface area contributed by atoms with Gasteiger partial charge < -0.3 is 0 Å². The van der Waals surface area contributed by atoms with E-state index in [1.807, 2.05) is 0 Å². The van der Waals surface area contributed by atoms with Crippen molar-refractivity contribution in [3.63, 3.8) is 0 Å². The van der Waals surface area contributed by atoms with Gasteiger partial charge in [0.25, 0.3) is 0 Å². The molecule has 0 amide bonds. The fraction of sp³-hybridized carbons (Fsp3) is 0.